The standard InChI is InChI=1S/C14H19N5/c1-11(12-5-7-15-8-6-12)16-10-14-18-17-13-4-2-3-9-19(13)14/h5-8,11,16H,2-4,9-10H2,1H3/t11-/m0/s1. The number of aromatic nitrogens is 4. The van der Waals surface area contributed by atoms with Crippen LogP contribution in [-0.2, 0) is 19.5 Å². The van der Waals surface area contributed by atoms with Gasteiger partial charge < -0.3 is 9.88 Å². The lowest BCUT2D eigenvalue weighted by atomic mass is 10.1. The summed E-state index contributed by atoms with van der Waals surface area (Å²) in [6.07, 6.45) is 7.18. The van der Waals surface area contributed by atoms with Crippen LogP contribution in [0.3, 0.4) is 0 Å². The minimum atomic E-state index is 0.291. The normalized spacial score (nSPS) is 16.1. The third-order valence-corrected chi connectivity index (χ3v) is 3.71. The van der Waals surface area contributed by atoms with Crippen molar-refractivity contribution in [3.63, 3.8) is 0 Å². The number of nitrogens with zero attached hydrogens (tertiary/aromatic N) is 4. The van der Waals surface area contributed by atoms with Gasteiger partial charge in [0, 0.05) is 31.4 Å². The van der Waals surface area contributed by atoms with Crippen molar-refractivity contribution in [1.82, 2.24) is 25.1 Å². The summed E-state index contributed by atoms with van der Waals surface area (Å²) in [4.78, 5) is 4.04. The summed E-state index contributed by atoms with van der Waals surface area (Å²) in [6.45, 7) is 3.97. The molecule has 0 aromatic carbocycles. The highest BCUT2D eigenvalue weighted by atomic mass is 15.3. The zero-order valence-electron chi connectivity index (χ0n) is 11.2. The van der Waals surface area contributed by atoms with Crippen LogP contribution in [-0.4, -0.2) is 19.7 Å². The Morgan fingerprint density at radius 2 is 2.11 bits per heavy atom. The van der Waals surface area contributed by atoms with E-state index in [0.29, 0.717) is 6.04 Å². The first kappa shape index (κ1) is 12.3. The van der Waals surface area contributed by atoms with Crippen molar-refractivity contribution in [3.05, 3.63) is 41.7 Å². The fraction of sp³-hybridized carbons (Fsp3) is 0.500. The summed E-state index contributed by atoms with van der Waals surface area (Å²) in [7, 11) is 0. The fourth-order valence-electron chi connectivity index (χ4n) is 2.51. The average Bonchev–Trinajstić information content (AvgIpc) is 2.89. The Hall–Kier alpha value is -1.75. The van der Waals surface area contributed by atoms with Gasteiger partial charge in [-0.15, -0.1) is 10.2 Å². The van der Waals surface area contributed by atoms with Gasteiger partial charge in [-0.3, -0.25) is 4.98 Å². The third kappa shape index (κ3) is 2.66. The predicted octanol–water partition coefficient (Wildman–Crippen LogP) is 1.86. The predicted molar refractivity (Wildman–Crippen MR) is 72.5 cm³/mol. The molecule has 2 aromatic rings. The highest BCUT2D eigenvalue weighted by molar-refractivity contribution is 5.14. The van der Waals surface area contributed by atoms with Gasteiger partial charge in [-0.2, -0.15) is 0 Å². The van der Waals surface area contributed by atoms with Crippen LogP contribution in [0, 0.1) is 0 Å². The maximum absolute atomic E-state index is 4.30. The molecule has 1 aliphatic heterocycles. The summed E-state index contributed by atoms with van der Waals surface area (Å²) in [6, 6.07) is 4.37. The van der Waals surface area contributed by atoms with Gasteiger partial charge >= 0.3 is 0 Å². The second-order valence-electron chi connectivity index (χ2n) is 5.02. The van der Waals surface area contributed by atoms with E-state index in [-0.39, 0.29) is 0 Å². The minimum absolute atomic E-state index is 0.291. The van der Waals surface area contributed by atoms with E-state index in [0.717, 1.165) is 31.2 Å². The van der Waals surface area contributed by atoms with Crippen LogP contribution in [0.1, 0.15) is 43.0 Å². The van der Waals surface area contributed by atoms with Crippen LogP contribution >= 0.6 is 0 Å². The lowest BCUT2D eigenvalue weighted by Gasteiger charge is -2.17. The first-order valence-corrected chi connectivity index (χ1v) is 6.89. The van der Waals surface area contributed by atoms with Crippen molar-refractivity contribution in [2.75, 3.05) is 0 Å². The van der Waals surface area contributed by atoms with Gasteiger partial charge in [-0.05, 0) is 37.5 Å². The maximum atomic E-state index is 4.30. The average molecular weight is 257 g/mol. The molecule has 1 aliphatic rings. The summed E-state index contributed by atoms with van der Waals surface area (Å²) >= 11 is 0. The highest BCUT2D eigenvalue weighted by Crippen LogP contribution is 2.15. The Labute approximate surface area is 113 Å². The van der Waals surface area contributed by atoms with Crippen molar-refractivity contribution in [2.45, 2.75) is 45.3 Å². The first-order chi connectivity index (χ1) is 9.34. The van der Waals surface area contributed by atoms with E-state index in [1.807, 2.05) is 24.5 Å². The van der Waals surface area contributed by atoms with Crippen molar-refractivity contribution >= 4 is 0 Å². The fourth-order valence-corrected chi connectivity index (χ4v) is 2.51. The molecular formula is C14H19N5. The van der Waals surface area contributed by atoms with Crippen molar-refractivity contribution in [1.29, 1.82) is 0 Å². The molecule has 0 saturated heterocycles. The summed E-state index contributed by atoms with van der Waals surface area (Å²) in [5, 5.41) is 12.1. The van der Waals surface area contributed by atoms with Gasteiger partial charge in [0.1, 0.15) is 11.6 Å². The van der Waals surface area contributed by atoms with Crippen LogP contribution in [0.25, 0.3) is 0 Å². The number of hydrogen-bond acceptors (Lipinski definition) is 4. The van der Waals surface area contributed by atoms with E-state index in [1.165, 1.54) is 18.4 Å². The Bertz CT molecular complexity index is 534. The van der Waals surface area contributed by atoms with Crippen molar-refractivity contribution in [2.24, 2.45) is 0 Å². The van der Waals surface area contributed by atoms with E-state index >= 15 is 0 Å². The van der Waals surface area contributed by atoms with Crippen molar-refractivity contribution < 1.29 is 0 Å². The monoisotopic (exact) mass is 257 g/mol. The molecule has 19 heavy (non-hydrogen) atoms. The summed E-state index contributed by atoms with van der Waals surface area (Å²) in [5.74, 6) is 2.19. The number of rotatable bonds is 4. The Kier molecular flexibility index (Phi) is 3.55. The van der Waals surface area contributed by atoms with Crippen molar-refractivity contribution in [3.8, 4) is 0 Å². The Morgan fingerprint density at radius 1 is 1.26 bits per heavy atom. The molecule has 0 bridgehead atoms. The summed E-state index contributed by atoms with van der Waals surface area (Å²) < 4.78 is 2.26. The molecule has 0 spiro atoms. The van der Waals surface area contributed by atoms with E-state index in [1.54, 1.807) is 0 Å². The van der Waals surface area contributed by atoms with Crippen LogP contribution in [0.2, 0.25) is 0 Å². The molecule has 100 valence electrons. The number of hydrogen-bond donors (Lipinski definition) is 1. The molecule has 0 aliphatic carbocycles. The summed E-state index contributed by atoms with van der Waals surface area (Å²) in [5.41, 5.74) is 1.24. The number of nitrogens with one attached hydrogen (secondary N) is 1. The van der Waals surface area contributed by atoms with Crippen LogP contribution in [0.4, 0.5) is 0 Å². The Morgan fingerprint density at radius 3 is 2.95 bits per heavy atom. The molecule has 1 atom stereocenters. The SMILES string of the molecule is C[C@H](NCc1nnc2n1CCCC2)c1ccncc1. The third-order valence-electron chi connectivity index (χ3n) is 3.71. The Balaban J connectivity index is 1.65. The number of pyridine rings is 1. The number of aryl methyl sites for hydroxylation is 1. The second kappa shape index (κ2) is 5.48. The zero-order valence-corrected chi connectivity index (χ0v) is 11.2. The quantitative estimate of drug-likeness (QED) is 0.908. The minimum Gasteiger partial charge on any atom is -0.314 e. The molecular weight excluding hydrogens is 238 g/mol. The van der Waals surface area contributed by atoms with Gasteiger partial charge in [-0.25, -0.2) is 0 Å². The van der Waals surface area contributed by atoms with Crippen LogP contribution < -0.4 is 5.32 Å². The molecule has 0 unspecified atom stereocenters. The van der Waals surface area contributed by atoms with E-state index < -0.39 is 0 Å². The molecule has 1 N–H and O–H groups in total. The van der Waals surface area contributed by atoms with Gasteiger partial charge in [0.25, 0.3) is 0 Å². The molecule has 0 saturated carbocycles. The largest absolute Gasteiger partial charge is 0.314 e. The lowest BCUT2D eigenvalue weighted by Crippen LogP contribution is -2.22. The molecule has 3 rings (SSSR count). The van der Waals surface area contributed by atoms with Gasteiger partial charge in [0.15, 0.2) is 0 Å². The molecule has 5 heteroatoms. The highest BCUT2D eigenvalue weighted by Gasteiger charge is 2.16. The molecule has 0 amide bonds. The smallest absolute Gasteiger partial charge is 0.147 e. The molecule has 0 fully saturated rings. The molecule has 5 nitrogen and oxygen atoms in total. The van der Waals surface area contributed by atoms with E-state index in [9.17, 15) is 0 Å². The molecule has 0 radical (unpaired) electrons. The van der Waals surface area contributed by atoms with Gasteiger partial charge in [-0.1, -0.05) is 0 Å². The second-order valence-corrected chi connectivity index (χ2v) is 5.02. The van der Waals surface area contributed by atoms with E-state index in [2.05, 4.69) is 32.0 Å². The number of fused-ring (bicyclic) bond motifs is 1. The van der Waals surface area contributed by atoms with Crippen LogP contribution in [0.5, 0.6) is 0 Å². The van der Waals surface area contributed by atoms with Crippen LogP contribution in [0.15, 0.2) is 24.5 Å². The van der Waals surface area contributed by atoms with Gasteiger partial charge in [0.2, 0.25) is 0 Å². The van der Waals surface area contributed by atoms with E-state index in [4.69, 9.17) is 0 Å². The lowest BCUT2D eigenvalue weighted by molar-refractivity contribution is 0.484. The maximum Gasteiger partial charge on any atom is 0.147 e. The molecule has 2 aromatic heterocycles. The topological polar surface area (TPSA) is 55.6 Å². The van der Waals surface area contributed by atoms with Gasteiger partial charge in [0.05, 0.1) is 6.54 Å². The first-order valence-electron chi connectivity index (χ1n) is 6.89. The zero-order chi connectivity index (χ0) is 13.1. The molecule has 3 heterocycles.